The Morgan fingerprint density at radius 3 is 2.91 bits per heavy atom. The standard InChI is InChI=1S/C15H19N3O3S.ClH/c19-22(20,18-8-6-15(11-18)5-7-16-10-15)9-13-12-3-1-2-4-14(12)21-17-13;/h1-4,16H,5-11H2;1H. The van der Waals surface area contributed by atoms with E-state index in [0.717, 1.165) is 31.3 Å². The minimum Gasteiger partial charge on any atom is -0.356 e. The third-order valence-corrected chi connectivity index (χ3v) is 6.64. The zero-order chi connectivity index (χ0) is 15.2. The van der Waals surface area contributed by atoms with Crippen LogP contribution in [0.15, 0.2) is 28.8 Å². The minimum absolute atomic E-state index is 0. The lowest BCUT2D eigenvalue weighted by Gasteiger charge is -2.22. The van der Waals surface area contributed by atoms with Gasteiger partial charge in [-0.15, -0.1) is 12.4 Å². The first kappa shape index (κ1) is 16.7. The maximum atomic E-state index is 12.7. The summed E-state index contributed by atoms with van der Waals surface area (Å²) in [6.07, 6.45) is 2.00. The van der Waals surface area contributed by atoms with E-state index < -0.39 is 10.0 Å². The highest BCUT2D eigenvalue weighted by atomic mass is 35.5. The van der Waals surface area contributed by atoms with E-state index in [-0.39, 0.29) is 23.6 Å². The maximum Gasteiger partial charge on any atom is 0.220 e. The van der Waals surface area contributed by atoms with Crippen molar-refractivity contribution in [3.63, 3.8) is 0 Å². The normalized spacial score (nSPS) is 25.2. The highest BCUT2D eigenvalue weighted by Gasteiger charge is 2.44. The first-order valence-electron chi connectivity index (χ1n) is 7.60. The molecule has 0 aliphatic carbocycles. The molecule has 1 aromatic heterocycles. The number of hydrogen-bond acceptors (Lipinski definition) is 5. The highest BCUT2D eigenvalue weighted by Crippen LogP contribution is 2.37. The van der Waals surface area contributed by atoms with E-state index in [2.05, 4.69) is 10.5 Å². The Balaban J connectivity index is 0.00000156. The van der Waals surface area contributed by atoms with Crippen LogP contribution in [0.1, 0.15) is 18.5 Å². The monoisotopic (exact) mass is 357 g/mol. The second-order valence-corrected chi connectivity index (χ2v) is 8.36. The highest BCUT2D eigenvalue weighted by molar-refractivity contribution is 7.88. The second kappa shape index (κ2) is 6.05. The molecule has 23 heavy (non-hydrogen) atoms. The molecule has 1 spiro atoms. The van der Waals surface area contributed by atoms with Crippen molar-refractivity contribution < 1.29 is 12.9 Å². The molecule has 126 valence electrons. The van der Waals surface area contributed by atoms with Crippen LogP contribution in [0.2, 0.25) is 0 Å². The maximum absolute atomic E-state index is 12.7. The summed E-state index contributed by atoms with van der Waals surface area (Å²) in [5, 5.41) is 8.08. The third-order valence-electron chi connectivity index (χ3n) is 4.90. The van der Waals surface area contributed by atoms with Crippen LogP contribution in [0.4, 0.5) is 0 Å². The molecule has 2 aromatic rings. The molecular weight excluding hydrogens is 338 g/mol. The van der Waals surface area contributed by atoms with E-state index in [1.807, 2.05) is 18.2 Å². The second-order valence-electron chi connectivity index (χ2n) is 6.39. The summed E-state index contributed by atoms with van der Waals surface area (Å²) in [4.78, 5) is 0. The first-order valence-corrected chi connectivity index (χ1v) is 9.21. The zero-order valence-electron chi connectivity index (χ0n) is 12.7. The lowest BCUT2D eigenvalue weighted by atomic mass is 9.87. The number of fused-ring (bicyclic) bond motifs is 1. The number of halogens is 1. The molecule has 1 aromatic carbocycles. The van der Waals surface area contributed by atoms with Gasteiger partial charge in [0.15, 0.2) is 5.58 Å². The largest absolute Gasteiger partial charge is 0.356 e. The quantitative estimate of drug-likeness (QED) is 0.906. The van der Waals surface area contributed by atoms with E-state index in [1.54, 1.807) is 10.4 Å². The van der Waals surface area contributed by atoms with Crippen molar-refractivity contribution in [2.24, 2.45) is 5.41 Å². The molecular formula is C15H20ClN3O3S. The van der Waals surface area contributed by atoms with E-state index in [0.29, 0.717) is 24.4 Å². The van der Waals surface area contributed by atoms with Gasteiger partial charge in [-0.05, 0) is 36.9 Å². The average Bonchev–Trinajstić information content (AvgIpc) is 3.22. The lowest BCUT2D eigenvalue weighted by Crippen LogP contribution is -2.34. The van der Waals surface area contributed by atoms with Crippen LogP contribution in [0.25, 0.3) is 11.0 Å². The van der Waals surface area contributed by atoms with Crippen LogP contribution in [-0.4, -0.2) is 44.1 Å². The Kier molecular flexibility index (Phi) is 4.39. The number of sulfonamides is 1. The summed E-state index contributed by atoms with van der Waals surface area (Å²) in [7, 11) is -3.35. The Bertz CT molecular complexity index is 799. The van der Waals surface area contributed by atoms with E-state index >= 15 is 0 Å². The molecule has 1 atom stereocenters. The van der Waals surface area contributed by atoms with Gasteiger partial charge < -0.3 is 9.84 Å². The minimum atomic E-state index is -3.35. The Morgan fingerprint density at radius 1 is 1.30 bits per heavy atom. The third kappa shape index (κ3) is 2.98. The van der Waals surface area contributed by atoms with Gasteiger partial charge in [0.2, 0.25) is 10.0 Å². The number of aromatic nitrogens is 1. The van der Waals surface area contributed by atoms with Crippen molar-refractivity contribution in [3.05, 3.63) is 30.0 Å². The summed E-state index contributed by atoms with van der Waals surface area (Å²) < 4.78 is 32.3. The fraction of sp³-hybridized carbons (Fsp3) is 0.533. The smallest absolute Gasteiger partial charge is 0.220 e. The summed E-state index contributed by atoms with van der Waals surface area (Å²) in [6, 6.07) is 7.37. The van der Waals surface area contributed by atoms with Crippen LogP contribution >= 0.6 is 12.4 Å². The Hall–Kier alpha value is -1.15. The summed E-state index contributed by atoms with van der Waals surface area (Å²) in [5.74, 6) is -0.0898. The van der Waals surface area contributed by atoms with Gasteiger partial charge >= 0.3 is 0 Å². The first-order chi connectivity index (χ1) is 10.6. The fourth-order valence-corrected chi connectivity index (χ4v) is 5.16. The molecule has 1 unspecified atom stereocenters. The fourth-order valence-electron chi connectivity index (χ4n) is 3.58. The van der Waals surface area contributed by atoms with Gasteiger partial charge in [-0.3, -0.25) is 0 Å². The number of hydrogen-bond donors (Lipinski definition) is 1. The average molecular weight is 358 g/mol. The van der Waals surface area contributed by atoms with Crippen molar-refractivity contribution >= 4 is 33.4 Å². The van der Waals surface area contributed by atoms with Crippen molar-refractivity contribution in [1.82, 2.24) is 14.8 Å². The van der Waals surface area contributed by atoms with Crippen LogP contribution in [0.5, 0.6) is 0 Å². The van der Waals surface area contributed by atoms with Gasteiger partial charge in [-0.25, -0.2) is 12.7 Å². The summed E-state index contributed by atoms with van der Waals surface area (Å²) >= 11 is 0. The molecule has 1 N–H and O–H groups in total. The van der Waals surface area contributed by atoms with Crippen molar-refractivity contribution in [2.45, 2.75) is 18.6 Å². The summed E-state index contributed by atoms with van der Waals surface area (Å²) in [6.45, 7) is 3.14. The molecule has 4 rings (SSSR count). The van der Waals surface area contributed by atoms with Gasteiger partial charge in [0, 0.05) is 25.0 Å². The molecule has 2 saturated heterocycles. The number of nitrogens with zero attached hydrogens (tertiary/aromatic N) is 2. The van der Waals surface area contributed by atoms with Crippen molar-refractivity contribution in [2.75, 3.05) is 26.2 Å². The molecule has 0 amide bonds. The van der Waals surface area contributed by atoms with Crippen molar-refractivity contribution in [3.8, 4) is 0 Å². The van der Waals surface area contributed by atoms with Gasteiger partial charge in [0.1, 0.15) is 11.4 Å². The molecule has 0 radical (unpaired) electrons. The topological polar surface area (TPSA) is 75.4 Å². The molecule has 0 bridgehead atoms. The summed E-state index contributed by atoms with van der Waals surface area (Å²) in [5.41, 5.74) is 1.27. The molecule has 2 aliphatic heterocycles. The zero-order valence-corrected chi connectivity index (χ0v) is 14.3. The predicted octanol–water partition coefficient (Wildman–Crippen LogP) is 1.76. The molecule has 2 fully saturated rings. The lowest BCUT2D eigenvalue weighted by molar-refractivity contribution is 0.337. The molecule has 3 heterocycles. The number of para-hydroxylation sites is 1. The van der Waals surface area contributed by atoms with Crippen LogP contribution in [0.3, 0.4) is 0 Å². The van der Waals surface area contributed by atoms with E-state index in [4.69, 9.17) is 4.52 Å². The SMILES string of the molecule is Cl.O=S(=O)(Cc1noc2ccccc12)N1CCC2(CCNC2)C1. The predicted molar refractivity (Wildman–Crippen MR) is 90.0 cm³/mol. The van der Waals surface area contributed by atoms with Crippen molar-refractivity contribution in [1.29, 1.82) is 0 Å². The number of benzene rings is 1. The van der Waals surface area contributed by atoms with Crippen LogP contribution in [0, 0.1) is 5.41 Å². The number of rotatable bonds is 3. The van der Waals surface area contributed by atoms with Crippen LogP contribution < -0.4 is 5.32 Å². The molecule has 2 aliphatic rings. The van der Waals surface area contributed by atoms with Crippen LogP contribution in [-0.2, 0) is 15.8 Å². The van der Waals surface area contributed by atoms with E-state index in [1.165, 1.54) is 0 Å². The Labute approximate surface area is 141 Å². The van der Waals surface area contributed by atoms with E-state index in [9.17, 15) is 8.42 Å². The molecule has 8 heteroatoms. The van der Waals surface area contributed by atoms with Gasteiger partial charge in [0.05, 0.1) is 0 Å². The van der Waals surface area contributed by atoms with Gasteiger partial charge in [-0.1, -0.05) is 17.3 Å². The van der Waals surface area contributed by atoms with Gasteiger partial charge in [0.25, 0.3) is 0 Å². The van der Waals surface area contributed by atoms with Gasteiger partial charge in [-0.2, -0.15) is 0 Å². The molecule has 0 saturated carbocycles. The molecule has 6 nitrogen and oxygen atoms in total. The number of nitrogens with one attached hydrogen (secondary N) is 1. The Morgan fingerprint density at radius 2 is 2.13 bits per heavy atom.